The van der Waals surface area contributed by atoms with Gasteiger partial charge >= 0.3 is 0 Å². The standard InChI is InChI=1S/C14H26N4OS2/c1-6-18(7-2)9-8-16-13-11(20-5)10(15)12(21-13)14(19)17(3)4/h16H,6-9,15H2,1-5H3. The molecule has 1 rings (SSSR count). The number of nitrogens with zero attached hydrogens (tertiary/aromatic N) is 2. The van der Waals surface area contributed by atoms with Gasteiger partial charge in [-0.1, -0.05) is 13.8 Å². The van der Waals surface area contributed by atoms with Crippen LogP contribution in [0.5, 0.6) is 0 Å². The number of anilines is 2. The molecule has 0 fully saturated rings. The van der Waals surface area contributed by atoms with Crippen molar-refractivity contribution in [1.29, 1.82) is 0 Å². The summed E-state index contributed by atoms with van der Waals surface area (Å²) in [5, 5.41) is 4.42. The molecule has 0 saturated carbocycles. The van der Waals surface area contributed by atoms with Crippen molar-refractivity contribution < 1.29 is 4.79 Å². The maximum absolute atomic E-state index is 12.1. The van der Waals surface area contributed by atoms with E-state index < -0.39 is 0 Å². The normalized spacial score (nSPS) is 11.0. The number of carbonyl (C=O) groups excluding carboxylic acids is 1. The molecule has 0 aromatic carbocycles. The number of rotatable bonds is 8. The van der Waals surface area contributed by atoms with Gasteiger partial charge in [0.25, 0.3) is 5.91 Å². The first-order valence-electron chi connectivity index (χ1n) is 7.10. The van der Waals surface area contributed by atoms with E-state index in [9.17, 15) is 4.79 Å². The smallest absolute Gasteiger partial charge is 0.265 e. The van der Waals surface area contributed by atoms with Crippen LogP contribution in [0, 0.1) is 0 Å². The van der Waals surface area contributed by atoms with Crippen LogP contribution in [0.1, 0.15) is 23.5 Å². The highest BCUT2D eigenvalue weighted by Crippen LogP contribution is 2.41. The van der Waals surface area contributed by atoms with Gasteiger partial charge in [-0.25, -0.2) is 0 Å². The molecule has 0 aliphatic heterocycles. The Hall–Kier alpha value is -0.920. The zero-order chi connectivity index (χ0) is 16.0. The first kappa shape index (κ1) is 18.1. The van der Waals surface area contributed by atoms with Gasteiger partial charge in [0, 0.05) is 27.2 Å². The summed E-state index contributed by atoms with van der Waals surface area (Å²) < 4.78 is 0. The maximum atomic E-state index is 12.1. The minimum Gasteiger partial charge on any atom is -0.396 e. The van der Waals surface area contributed by atoms with Crippen LogP contribution >= 0.6 is 23.1 Å². The van der Waals surface area contributed by atoms with Gasteiger partial charge in [0.2, 0.25) is 0 Å². The van der Waals surface area contributed by atoms with Crippen molar-refractivity contribution in [3.05, 3.63) is 4.88 Å². The molecule has 3 N–H and O–H groups in total. The van der Waals surface area contributed by atoms with Gasteiger partial charge < -0.3 is 20.9 Å². The molecule has 0 aliphatic rings. The summed E-state index contributed by atoms with van der Waals surface area (Å²) in [5.41, 5.74) is 6.72. The molecule has 1 aromatic rings. The lowest BCUT2D eigenvalue weighted by Gasteiger charge is -2.18. The molecule has 0 atom stereocenters. The predicted octanol–water partition coefficient (Wildman–Crippen LogP) is 2.51. The lowest BCUT2D eigenvalue weighted by atomic mass is 10.3. The van der Waals surface area contributed by atoms with E-state index in [2.05, 4.69) is 24.1 Å². The number of carbonyl (C=O) groups is 1. The molecule has 0 spiro atoms. The van der Waals surface area contributed by atoms with E-state index >= 15 is 0 Å². The number of thioether (sulfide) groups is 1. The van der Waals surface area contributed by atoms with E-state index in [-0.39, 0.29) is 5.91 Å². The highest BCUT2D eigenvalue weighted by molar-refractivity contribution is 7.99. The third-order valence-corrected chi connectivity index (χ3v) is 5.42. The van der Waals surface area contributed by atoms with Crippen molar-refractivity contribution >= 4 is 39.7 Å². The van der Waals surface area contributed by atoms with E-state index in [1.54, 1.807) is 30.8 Å². The minimum absolute atomic E-state index is 0.0374. The second-order valence-electron chi connectivity index (χ2n) is 4.86. The minimum atomic E-state index is -0.0374. The number of hydrogen-bond acceptors (Lipinski definition) is 6. The lowest BCUT2D eigenvalue weighted by molar-refractivity contribution is 0.0833. The van der Waals surface area contributed by atoms with Crippen LogP contribution in [-0.4, -0.2) is 62.2 Å². The average molecular weight is 331 g/mol. The largest absolute Gasteiger partial charge is 0.396 e. The van der Waals surface area contributed by atoms with Crippen LogP contribution < -0.4 is 11.1 Å². The summed E-state index contributed by atoms with van der Waals surface area (Å²) >= 11 is 3.03. The Morgan fingerprint density at radius 1 is 1.33 bits per heavy atom. The molecule has 0 unspecified atom stereocenters. The summed E-state index contributed by atoms with van der Waals surface area (Å²) in [5.74, 6) is -0.0374. The van der Waals surface area contributed by atoms with Crippen LogP contribution in [0.25, 0.3) is 0 Å². The van der Waals surface area contributed by atoms with Crippen molar-refractivity contribution in [2.45, 2.75) is 18.7 Å². The van der Waals surface area contributed by atoms with E-state index in [1.807, 2.05) is 6.26 Å². The third kappa shape index (κ3) is 4.52. The first-order valence-corrected chi connectivity index (χ1v) is 9.14. The third-order valence-electron chi connectivity index (χ3n) is 3.31. The molecule has 1 aromatic heterocycles. The Bertz CT molecular complexity index is 470. The topological polar surface area (TPSA) is 61.6 Å². The summed E-state index contributed by atoms with van der Waals surface area (Å²) in [7, 11) is 3.49. The Balaban J connectivity index is 2.83. The molecular weight excluding hydrogens is 304 g/mol. The number of nitrogens with one attached hydrogen (secondary N) is 1. The molecular formula is C14H26N4OS2. The molecule has 0 bridgehead atoms. The molecule has 21 heavy (non-hydrogen) atoms. The molecule has 1 amide bonds. The van der Waals surface area contributed by atoms with E-state index in [4.69, 9.17) is 5.73 Å². The fourth-order valence-corrected chi connectivity index (χ4v) is 4.06. The van der Waals surface area contributed by atoms with Crippen molar-refractivity contribution in [2.24, 2.45) is 0 Å². The van der Waals surface area contributed by atoms with Crippen molar-refractivity contribution in [3.8, 4) is 0 Å². The second-order valence-corrected chi connectivity index (χ2v) is 6.70. The molecule has 1 heterocycles. The summed E-state index contributed by atoms with van der Waals surface area (Å²) in [6.07, 6.45) is 1.98. The second kappa shape index (κ2) is 8.51. The Morgan fingerprint density at radius 2 is 1.95 bits per heavy atom. The number of amides is 1. The van der Waals surface area contributed by atoms with Gasteiger partial charge in [-0.15, -0.1) is 23.1 Å². The van der Waals surface area contributed by atoms with Crippen LogP contribution in [0.15, 0.2) is 4.90 Å². The molecule has 0 radical (unpaired) electrons. The SMILES string of the molecule is CCN(CC)CCNc1sc(C(=O)N(C)C)c(N)c1SC. The van der Waals surface area contributed by atoms with Crippen molar-refractivity contribution in [1.82, 2.24) is 9.80 Å². The van der Waals surface area contributed by atoms with Crippen molar-refractivity contribution in [3.63, 3.8) is 0 Å². The number of likely N-dealkylation sites (N-methyl/N-ethyl adjacent to an activating group) is 1. The Labute approximate surface area is 135 Å². The number of nitrogens with two attached hydrogens (primary N) is 1. The van der Waals surface area contributed by atoms with Gasteiger partial charge in [-0.05, 0) is 19.3 Å². The zero-order valence-corrected chi connectivity index (χ0v) is 15.2. The average Bonchev–Trinajstić information content (AvgIpc) is 2.78. The van der Waals surface area contributed by atoms with Gasteiger partial charge in [0.1, 0.15) is 9.88 Å². The van der Waals surface area contributed by atoms with Gasteiger partial charge in [0.05, 0.1) is 10.6 Å². The Morgan fingerprint density at radius 3 is 2.43 bits per heavy atom. The molecule has 120 valence electrons. The summed E-state index contributed by atoms with van der Waals surface area (Å²) in [6.45, 7) is 8.25. The molecule has 5 nitrogen and oxygen atoms in total. The predicted molar refractivity (Wildman–Crippen MR) is 94.8 cm³/mol. The van der Waals surface area contributed by atoms with E-state index in [0.29, 0.717) is 10.6 Å². The van der Waals surface area contributed by atoms with Crippen LogP contribution in [0.2, 0.25) is 0 Å². The fourth-order valence-electron chi connectivity index (χ4n) is 1.98. The zero-order valence-electron chi connectivity index (χ0n) is 13.5. The lowest BCUT2D eigenvalue weighted by Crippen LogP contribution is -2.28. The van der Waals surface area contributed by atoms with Crippen LogP contribution in [-0.2, 0) is 0 Å². The van der Waals surface area contributed by atoms with E-state index in [0.717, 1.165) is 36.1 Å². The Kier molecular flexibility index (Phi) is 7.34. The van der Waals surface area contributed by atoms with Crippen LogP contribution in [0.4, 0.5) is 10.7 Å². The quantitative estimate of drug-likeness (QED) is 0.717. The number of thiophene rings is 1. The highest BCUT2D eigenvalue weighted by Gasteiger charge is 2.21. The number of hydrogen-bond donors (Lipinski definition) is 2. The van der Waals surface area contributed by atoms with Crippen molar-refractivity contribution in [2.75, 3.05) is 57.6 Å². The number of nitrogen functional groups attached to an aromatic ring is 1. The van der Waals surface area contributed by atoms with E-state index in [1.165, 1.54) is 11.3 Å². The molecule has 0 aliphatic carbocycles. The summed E-state index contributed by atoms with van der Waals surface area (Å²) in [4.78, 5) is 17.6. The first-order chi connectivity index (χ1) is 9.96. The van der Waals surface area contributed by atoms with Gasteiger partial charge in [-0.3, -0.25) is 4.79 Å². The fraction of sp³-hybridized carbons (Fsp3) is 0.643. The highest BCUT2D eigenvalue weighted by atomic mass is 32.2. The monoisotopic (exact) mass is 330 g/mol. The summed E-state index contributed by atoms with van der Waals surface area (Å²) in [6, 6.07) is 0. The molecule has 7 heteroatoms. The van der Waals surface area contributed by atoms with Crippen LogP contribution in [0.3, 0.4) is 0 Å². The molecule has 0 saturated heterocycles. The van der Waals surface area contributed by atoms with Gasteiger partial charge in [0.15, 0.2) is 0 Å². The van der Waals surface area contributed by atoms with Gasteiger partial charge in [-0.2, -0.15) is 0 Å². The maximum Gasteiger partial charge on any atom is 0.265 e.